The van der Waals surface area contributed by atoms with Gasteiger partial charge in [-0.05, 0) is 36.2 Å². The van der Waals surface area contributed by atoms with Gasteiger partial charge in [0.1, 0.15) is 12.4 Å². The first-order valence-corrected chi connectivity index (χ1v) is 8.57. The van der Waals surface area contributed by atoms with Crippen LogP contribution in [0.15, 0.2) is 59.6 Å². The van der Waals surface area contributed by atoms with Gasteiger partial charge in [0.2, 0.25) is 0 Å². The van der Waals surface area contributed by atoms with Crippen LogP contribution < -0.4 is 20.3 Å². The second kappa shape index (κ2) is 10.2. The van der Waals surface area contributed by atoms with E-state index in [1.54, 1.807) is 7.05 Å². The van der Waals surface area contributed by atoms with Crippen LogP contribution in [0.5, 0.6) is 5.75 Å². The van der Waals surface area contributed by atoms with Crippen molar-refractivity contribution < 1.29 is 4.74 Å². The van der Waals surface area contributed by atoms with E-state index in [2.05, 4.69) is 44.8 Å². The zero-order valence-corrected chi connectivity index (χ0v) is 15.3. The van der Waals surface area contributed by atoms with Crippen LogP contribution in [0.1, 0.15) is 5.56 Å². The van der Waals surface area contributed by atoms with Gasteiger partial charge in [-0.15, -0.1) is 0 Å². The number of benzene rings is 2. The number of hydrogen-bond donors (Lipinski definition) is 2. The maximum Gasteiger partial charge on any atom is 0.191 e. The lowest BCUT2D eigenvalue weighted by Gasteiger charge is -2.14. The predicted octanol–water partition coefficient (Wildman–Crippen LogP) is 2.54. The maximum absolute atomic E-state index is 5.66. The van der Waals surface area contributed by atoms with Crippen LogP contribution in [0.3, 0.4) is 0 Å². The second-order valence-corrected chi connectivity index (χ2v) is 5.90. The summed E-state index contributed by atoms with van der Waals surface area (Å²) in [5.74, 6) is 1.68. The normalized spacial score (nSPS) is 11.1. The highest BCUT2D eigenvalue weighted by Crippen LogP contribution is 2.12. The minimum absolute atomic E-state index is 0.594. The van der Waals surface area contributed by atoms with Gasteiger partial charge in [-0.2, -0.15) is 0 Å². The molecule has 0 aromatic heterocycles. The molecule has 0 saturated carbocycles. The number of nitrogens with one attached hydrogen (secondary N) is 2. The fourth-order valence-corrected chi connectivity index (χ4v) is 2.36. The summed E-state index contributed by atoms with van der Waals surface area (Å²) in [5, 5.41) is 6.58. The molecule has 0 atom stereocenters. The zero-order chi connectivity index (χ0) is 17.9. The van der Waals surface area contributed by atoms with Crippen LogP contribution in [0.25, 0.3) is 0 Å². The Kier molecular flexibility index (Phi) is 7.63. The van der Waals surface area contributed by atoms with Gasteiger partial charge in [0, 0.05) is 33.4 Å². The smallest absolute Gasteiger partial charge is 0.191 e. The number of para-hydroxylation sites is 1. The van der Waals surface area contributed by atoms with Crippen molar-refractivity contribution in [2.45, 2.75) is 6.42 Å². The number of nitrogens with zero attached hydrogens (tertiary/aromatic N) is 2. The third kappa shape index (κ3) is 6.75. The molecule has 2 aromatic carbocycles. The Bertz CT molecular complexity index is 639. The van der Waals surface area contributed by atoms with E-state index in [1.165, 1.54) is 11.3 Å². The van der Waals surface area contributed by atoms with Crippen molar-refractivity contribution in [3.8, 4) is 5.75 Å². The van der Waals surface area contributed by atoms with Crippen LogP contribution in [0.2, 0.25) is 0 Å². The largest absolute Gasteiger partial charge is 0.492 e. The summed E-state index contributed by atoms with van der Waals surface area (Å²) in [5.41, 5.74) is 2.52. The van der Waals surface area contributed by atoms with Gasteiger partial charge in [0.05, 0.1) is 6.54 Å². The molecular formula is C20H28N4O. The zero-order valence-electron chi connectivity index (χ0n) is 15.3. The van der Waals surface area contributed by atoms with Gasteiger partial charge in [0.25, 0.3) is 0 Å². The summed E-state index contributed by atoms with van der Waals surface area (Å²) in [6.45, 7) is 2.13. The highest BCUT2D eigenvalue weighted by Gasteiger charge is 1.99. The predicted molar refractivity (Wildman–Crippen MR) is 106 cm³/mol. The van der Waals surface area contributed by atoms with E-state index < -0.39 is 0 Å². The second-order valence-electron chi connectivity index (χ2n) is 5.90. The fourth-order valence-electron chi connectivity index (χ4n) is 2.36. The molecule has 5 nitrogen and oxygen atoms in total. The minimum Gasteiger partial charge on any atom is -0.492 e. The molecule has 0 aliphatic heterocycles. The molecule has 0 radical (unpaired) electrons. The molecule has 5 heteroatoms. The van der Waals surface area contributed by atoms with Crippen molar-refractivity contribution in [1.29, 1.82) is 0 Å². The van der Waals surface area contributed by atoms with Crippen molar-refractivity contribution in [3.63, 3.8) is 0 Å². The van der Waals surface area contributed by atoms with Crippen molar-refractivity contribution in [1.82, 2.24) is 10.6 Å². The lowest BCUT2D eigenvalue weighted by atomic mass is 10.1. The van der Waals surface area contributed by atoms with Crippen molar-refractivity contribution in [2.24, 2.45) is 4.99 Å². The molecule has 0 bridgehead atoms. The molecule has 0 unspecified atom stereocenters. The van der Waals surface area contributed by atoms with E-state index in [-0.39, 0.29) is 0 Å². The lowest BCUT2D eigenvalue weighted by molar-refractivity contribution is 0.322. The summed E-state index contributed by atoms with van der Waals surface area (Å²) in [4.78, 5) is 6.34. The molecule has 0 fully saturated rings. The van der Waals surface area contributed by atoms with Crippen LogP contribution in [0.4, 0.5) is 5.69 Å². The van der Waals surface area contributed by atoms with E-state index in [0.29, 0.717) is 13.2 Å². The third-order valence-electron chi connectivity index (χ3n) is 3.79. The highest BCUT2D eigenvalue weighted by atomic mass is 16.5. The van der Waals surface area contributed by atoms with Crippen LogP contribution in [-0.4, -0.2) is 46.8 Å². The van der Waals surface area contributed by atoms with Gasteiger partial charge < -0.3 is 20.3 Å². The Hall–Kier alpha value is -2.69. The summed E-state index contributed by atoms with van der Waals surface area (Å²) < 4.78 is 5.66. The number of aliphatic imine (C=N–C) groups is 1. The summed E-state index contributed by atoms with van der Waals surface area (Å²) in [6, 6.07) is 18.4. The third-order valence-corrected chi connectivity index (χ3v) is 3.79. The fraction of sp³-hybridized carbons (Fsp3) is 0.350. The van der Waals surface area contributed by atoms with Gasteiger partial charge in [-0.25, -0.2) is 0 Å². The van der Waals surface area contributed by atoms with Gasteiger partial charge in [0.15, 0.2) is 5.96 Å². The van der Waals surface area contributed by atoms with Crippen LogP contribution >= 0.6 is 0 Å². The maximum atomic E-state index is 5.66. The summed E-state index contributed by atoms with van der Waals surface area (Å²) in [7, 11) is 5.88. The molecule has 2 aromatic rings. The number of guanidine groups is 1. The topological polar surface area (TPSA) is 48.9 Å². The average Bonchev–Trinajstić information content (AvgIpc) is 2.65. The van der Waals surface area contributed by atoms with E-state index in [9.17, 15) is 0 Å². The first-order valence-electron chi connectivity index (χ1n) is 8.57. The van der Waals surface area contributed by atoms with Crippen molar-refractivity contribution in [3.05, 3.63) is 60.2 Å². The van der Waals surface area contributed by atoms with E-state index >= 15 is 0 Å². The molecular weight excluding hydrogens is 312 g/mol. The monoisotopic (exact) mass is 340 g/mol. The molecule has 0 spiro atoms. The first kappa shape index (κ1) is 18.6. The molecule has 0 aliphatic carbocycles. The number of rotatable bonds is 8. The van der Waals surface area contributed by atoms with E-state index in [0.717, 1.165) is 24.7 Å². The van der Waals surface area contributed by atoms with Crippen LogP contribution in [0, 0.1) is 0 Å². The Morgan fingerprint density at radius 3 is 2.28 bits per heavy atom. The molecule has 134 valence electrons. The first-order chi connectivity index (χ1) is 12.2. The molecule has 0 saturated heterocycles. The summed E-state index contributed by atoms with van der Waals surface area (Å²) >= 11 is 0. The molecule has 2 rings (SSSR count). The van der Waals surface area contributed by atoms with Gasteiger partial charge in [-0.1, -0.05) is 30.3 Å². The van der Waals surface area contributed by atoms with E-state index in [1.807, 2.05) is 44.4 Å². The lowest BCUT2D eigenvalue weighted by Crippen LogP contribution is -2.40. The molecule has 0 amide bonds. The van der Waals surface area contributed by atoms with E-state index in [4.69, 9.17) is 4.74 Å². The SMILES string of the molecule is CN=C(NCCOc1ccccc1)NCCc1ccc(N(C)C)cc1. The Morgan fingerprint density at radius 1 is 0.960 bits per heavy atom. The van der Waals surface area contributed by atoms with Gasteiger partial charge in [-0.3, -0.25) is 4.99 Å². The standard InChI is InChI=1S/C20H28N4O/c1-21-20(23-15-16-25-19-7-5-4-6-8-19)22-14-13-17-9-11-18(12-10-17)24(2)3/h4-12H,13-16H2,1-3H3,(H2,21,22,23). The Morgan fingerprint density at radius 2 is 1.64 bits per heavy atom. The van der Waals surface area contributed by atoms with Crippen LogP contribution in [-0.2, 0) is 6.42 Å². The molecule has 25 heavy (non-hydrogen) atoms. The quantitative estimate of drug-likeness (QED) is 0.440. The summed E-state index contributed by atoms with van der Waals surface area (Å²) in [6.07, 6.45) is 0.953. The average molecular weight is 340 g/mol. The minimum atomic E-state index is 0.594. The van der Waals surface area contributed by atoms with Crippen molar-refractivity contribution >= 4 is 11.6 Å². The number of ether oxygens (including phenoxy) is 1. The Balaban J connectivity index is 1.64. The molecule has 2 N–H and O–H groups in total. The Labute approximate surface area is 150 Å². The molecule has 0 heterocycles. The highest BCUT2D eigenvalue weighted by molar-refractivity contribution is 5.79. The number of hydrogen-bond acceptors (Lipinski definition) is 3. The van der Waals surface area contributed by atoms with Crippen molar-refractivity contribution in [2.75, 3.05) is 45.7 Å². The number of anilines is 1. The molecule has 0 aliphatic rings. The van der Waals surface area contributed by atoms with Gasteiger partial charge >= 0.3 is 0 Å².